The van der Waals surface area contributed by atoms with Gasteiger partial charge in [0.25, 0.3) is 0 Å². The standard InChI is InChI=1S/C18H25N3O2/c1-21-16-8-3-2-7-15(16)20-17(21)9-4-12-19-18(22)11-10-14-6-5-13-23-14/h2-3,7-8,14H,4-6,9-13H2,1H3,(H,19,22). The van der Waals surface area contributed by atoms with Crippen molar-refractivity contribution in [1.82, 2.24) is 14.9 Å². The van der Waals surface area contributed by atoms with Crippen molar-refractivity contribution >= 4 is 16.9 Å². The molecule has 5 heteroatoms. The smallest absolute Gasteiger partial charge is 0.220 e. The number of carbonyl (C=O) groups excluding carboxylic acids is 1. The number of hydrogen-bond acceptors (Lipinski definition) is 3. The van der Waals surface area contributed by atoms with Gasteiger partial charge in [0.05, 0.1) is 17.1 Å². The summed E-state index contributed by atoms with van der Waals surface area (Å²) in [6.07, 6.45) is 5.71. The van der Waals surface area contributed by atoms with Gasteiger partial charge >= 0.3 is 0 Å². The van der Waals surface area contributed by atoms with E-state index in [-0.39, 0.29) is 5.91 Å². The molecule has 0 radical (unpaired) electrons. The Morgan fingerprint density at radius 3 is 3.09 bits per heavy atom. The molecule has 2 aromatic rings. The Morgan fingerprint density at radius 1 is 1.43 bits per heavy atom. The second-order valence-electron chi connectivity index (χ2n) is 6.20. The summed E-state index contributed by atoms with van der Waals surface area (Å²) in [6, 6.07) is 8.15. The lowest BCUT2D eigenvalue weighted by Gasteiger charge is -2.09. The lowest BCUT2D eigenvalue weighted by molar-refractivity contribution is -0.121. The minimum absolute atomic E-state index is 0.130. The van der Waals surface area contributed by atoms with E-state index in [4.69, 9.17) is 4.74 Å². The molecule has 3 rings (SSSR count). The molecule has 1 aromatic carbocycles. The van der Waals surface area contributed by atoms with Crippen LogP contribution in [0, 0.1) is 0 Å². The third kappa shape index (κ3) is 4.10. The summed E-state index contributed by atoms with van der Waals surface area (Å²) in [5.41, 5.74) is 2.19. The molecule has 5 nitrogen and oxygen atoms in total. The lowest BCUT2D eigenvalue weighted by atomic mass is 10.1. The molecule has 1 N–H and O–H groups in total. The molecule has 0 bridgehead atoms. The lowest BCUT2D eigenvalue weighted by Crippen LogP contribution is -2.25. The molecule has 124 valence electrons. The molecule has 1 atom stereocenters. The number of carbonyl (C=O) groups is 1. The molecule has 23 heavy (non-hydrogen) atoms. The van der Waals surface area contributed by atoms with Crippen LogP contribution in [0.3, 0.4) is 0 Å². The van der Waals surface area contributed by atoms with Crippen molar-refractivity contribution in [2.45, 2.75) is 44.6 Å². The molecule has 1 aromatic heterocycles. The Kier molecular flexibility index (Phi) is 5.28. The van der Waals surface area contributed by atoms with Gasteiger partial charge in [-0.2, -0.15) is 0 Å². The quantitative estimate of drug-likeness (QED) is 0.799. The van der Waals surface area contributed by atoms with Gasteiger partial charge in [-0.25, -0.2) is 4.98 Å². The van der Waals surface area contributed by atoms with Crippen molar-refractivity contribution in [1.29, 1.82) is 0 Å². The van der Waals surface area contributed by atoms with Crippen LogP contribution in [0.25, 0.3) is 11.0 Å². The van der Waals surface area contributed by atoms with Gasteiger partial charge in [0.2, 0.25) is 5.91 Å². The first kappa shape index (κ1) is 16.0. The third-order valence-electron chi connectivity index (χ3n) is 4.50. The van der Waals surface area contributed by atoms with Crippen LogP contribution in [-0.4, -0.2) is 34.7 Å². The average molecular weight is 315 g/mol. The minimum atomic E-state index is 0.130. The monoisotopic (exact) mass is 315 g/mol. The summed E-state index contributed by atoms with van der Waals surface area (Å²) in [6.45, 7) is 1.55. The number of aromatic nitrogens is 2. The zero-order valence-electron chi connectivity index (χ0n) is 13.8. The molecule has 0 spiro atoms. The van der Waals surface area contributed by atoms with Crippen molar-refractivity contribution in [3.8, 4) is 0 Å². The number of benzene rings is 1. The molecular weight excluding hydrogens is 290 g/mol. The maximum absolute atomic E-state index is 11.8. The predicted octanol–water partition coefficient (Wildman–Crippen LogP) is 2.58. The van der Waals surface area contributed by atoms with E-state index >= 15 is 0 Å². The minimum Gasteiger partial charge on any atom is -0.378 e. The van der Waals surface area contributed by atoms with E-state index in [2.05, 4.69) is 20.9 Å². The first-order valence-electron chi connectivity index (χ1n) is 8.52. The van der Waals surface area contributed by atoms with E-state index in [9.17, 15) is 4.79 Å². The van der Waals surface area contributed by atoms with E-state index in [1.165, 1.54) is 0 Å². The Hall–Kier alpha value is -1.88. The molecule has 1 aliphatic rings. The number of rotatable bonds is 7. The van der Waals surface area contributed by atoms with Gasteiger partial charge in [0.15, 0.2) is 0 Å². The largest absolute Gasteiger partial charge is 0.378 e. The van der Waals surface area contributed by atoms with Gasteiger partial charge in [0.1, 0.15) is 5.82 Å². The molecule has 0 saturated carbocycles. The van der Waals surface area contributed by atoms with Crippen LogP contribution in [-0.2, 0) is 23.0 Å². The zero-order chi connectivity index (χ0) is 16.1. The van der Waals surface area contributed by atoms with Crippen LogP contribution in [0.15, 0.2) is 24.3 Å². The van der Waals surface area contributed by atoms with Gasteiger partial charge in [-0.1, -0.05) is 12.1 Å². The van der Waals surface area contributed by atoms with E-state index in [1.54, 1.807) is 0 Å². The second-order valence-corrected chi connectivity index (χ2v) is 6.20. The highest BCUT2D eigenvalue weighted by atomic mass is 16.5. The highest BCUT2D eigenvalue weighted by molar-refractivity contribution is 5.76. The Bertz CT molecular complexity index is 659. The average Bonchev–Trinajstić information content (AvgIpc) is 3.19. The molecule has 2 heterocycles. The number of imidazole rings is 1. The summed E-state index contributed by atoms with van der Waals surface area (Å²) < 4.78 is 7.67. The van der Waals surface area contributed by atoms with Gasteiger partial charge in [-0.3, -0.25) is 4.79 Å². The van der Waals surface area contributed by atoms with Crippen molar-refractivity contribution in [2.24, 2.45) is 7.05 Å². The van der Waals surface area contributed by atoms with Crippen molar-refractivity contribution in [2.75, 3.05) is 13.2 Å². The number of nitrogens with zero attached hydrogens (tertiary/aromatic N) is 2. The van der Waals surface area contributed by atoms with Crippen LogP contribution < -0.4 is 5.32 Å². The second kappa shape index (κ2) is 7.59. The van der Waals surface area contributed by atoms with Gasteiger partial charge < -0.3 is 14.6 Å². The molecule has 1 amide bonds. The molecule has 1 saturated heterocycles. The first-order valence-corrected chi connectivity index (χ1v) is 8.52. The Morgan fingerprint density at radius 2 is 2.30 bits per heavy atom. The zero-order valence-corrected chi connectivity index (χ0v) is 13.8. The number of hydrogen-bond donors (Lipinski definition) is 1. The molecule has 1 aliphatic heterocycles. The first-order chi connectivity index (χ1) is 11.2. The third-order valence-corrected chi connectivity index (χ3v) is 4.50. The maximum Gasteiger partial charge on any atom is 0.220 e. The van der Waals surface area contributed by atoms with Gasteiger partial charge in [-0.15, -0.1) is 0 Å². The van der Waals surface area contributed by atoms with Crippen LogP contribution in [0.2, 0.25) is 0 Å². The van der Waals surface area contributed by atoms with Crippen LogP contribution in [0.4, 0.5) is 0 Å². The van der Waals surface area contributed by atoms with Crippen molar-refractivity contribution < 1.29 is 9.53 Å². The Balaban J connectivity index is 1.38. The van der Waals surface area contributed by atoms with Crippen LogP contribution in [0.5, 0.6) is 0 Å². The molecular formula is C18H25N3O2. The van der Waals surface area contributed by atoms with Crippen molar-refractivity contribution in [3.63, 3.8) is 0 Å². The van der Waals surface area contributed by atoms with E-state index in [1.807, 2.05) is 25.2 Å². The molecule has 1 unspecified atom stereocenters. The summed E-state index contributed by atoms with van der Waals surface area (Å²) in [4.78, 5) is 16.5. The predicted molar refractivity (Wildman–Crippen MR) is 90.3 cm³/mol. The normalized spacial score (nSPS) is 17.7. The topological polar surface area (TPSA) is 56.2 Å². The summed E-state index contributed by atoms with van der Waals surface area (Å²) in [7, 11) is 2.05. The van der Waals surface area contributed by atoms with Gasteiger partial charge in [0, 0.05) is 33.0 Å². The van der Waals surface area contributed by atoms with Gasteiger partial charge in [-0.05, 0) is 37.8 Å². The fourth-order valence-electron chi connectivity index (χ4n) is 3.15. The summed E-state index contributed by atoms with van der Waals surface area (Å²) in [5, 5.41) is 3.00. The fraction of sp³-hybridized carbons (Fsp3) is 0.556. The number of fused-ring (bicyclic) bond motifs is 1. The summed E-state index contributed by atoms with van der Waals surface area (Å²) in [5.74, 6) is 1.20. The number of para-hydroxylation sites is 2. The van der Waals surface area contributed by atoms with E-state index in [0.29, 0.717) is 19.1 Å². The number of ether oxygens (including phenoxy) is 1. The van der Waals surface area contributed by atoms with E-state index < -0.39 is 0 Å². The van der Waals surface area contributed by atoms with E-state index in [0.717, 1.165) is 55.6 Å². The number of aryl methyl sites for hydroxylation is 2. The number of nitrogens with one attached hydrogen (secondary N) is 1. The summed E-state index contributed by atoms with van der Waals surface area (Å²) >= 11 is 0. The Labute approximate surface area is 137 Å². The molecule has 1 fully saturated rings. The van der Waals surface area contributed by atoms with Crippen molar-refractivity contribution in [3.05, 3.63) is 30.1 Å². The molecule has 0 aliphatic carbocycles. The van der Waals surface area contributed by atoms with Crippen LogP contribution >= 0.6 is 0 Å². The number of amides is 1. The maximum atomic E-state index is 11.8. The SMILES string of the molecule is Cn1c(CCCNC(=O)CCC2CCCO2)nc2ccccc21. The highest BCUT2D eigenvalue weighted by Crippen LogP contribution is 2.17. The van der Waals surface area contributed by atoms with Crippen LogP contribution in [0.1, 0.15) is 37.9 Å². The highest BCUT2D eigenvalue weighted by Gasteiger charge is 2.16. The fourth-order valence-corrected chi connectivity index (χ4v) is 3.15.